The minimum Gasteiger partial charge on any atom is -0.354 e. The second kappa shape index (κ2) is 5.21. The molecule has 0 fully saturated rings. The third-order valence-corrected chi connectivity index (χ3v) is 3.99. The molecule has 0 aliphatic rings. The first-order valence-electron chi connectivity index (χ1n) is 7.30. The highest BCUT2D eigenvalue weighted by atomic mass is 16.1. The zero-order valence-corrected chi connectivity index (χ0v) is 12.6. The summed E-state index contributed by atoms with van der Waals surface area (Å²) in [5.74, 6) is 0.371. The lowest BCUT2D eigenvalue weighted by molar-refractivity contribution is 0.872. The van der Waals surface area contributed by atoms with E-state index in [1.165, 1.54) is 5.56 Å². The van der Waals surface area contributed by atoms with Gasteiger partial charge in [0.25, 0.3) is 0 Å². The standard InChI is InChI=1S/C19H19NO/c1-12(2)15-10-7-11-16-18(15)20-17(13(3)19(16)21)14-8-5-4-6-9-14/h4-12H,1-3H3,(H,20,21). The van der Waals surface area contributed by atoms with Gasteiger partial charge in [0.2, 0.25) is 0 Å². The number of pyridine rings is 1. The third kappa shape index (κ3) is 2.27. The number of hydrogen-bond donors (Lipinski definition) is 1. The normalized spacial score (nSPS) is 11.2. The van der Waals surface area contributed by atoms with Crippen molar-refractivity contribution in [3.05, 3.63) is 69.9 Å². The Bertz CT molecular complexity index is 845. The predicted molar refractivity (Wildman–Crippen MR) is 88.8 cm³/mol. The summed E-state index contributed by atoms with van der Waals surface area (Å²) in [5.41, 5.74) is 5.00. The van der Waals surface area contributed by atoms with Crippen molar-refractivity contribution in [2.24, 2.45) is 0 Å². The van der Waals surface area contributed by atoms with E-state index in [1.807, 2.05) is 49.4 Å². The van der Waals surface area contributed by atoms with Gasteiger partial charge in [0.1, 0.15) is 0 Å². The van der Waals surface area contributed by atoms with Crippen LogP contribution in [0.5, 0.6) is 0 Å². The van der Waals surface area contributed by atoms with Gasteiger partial charge in [-0.3, -0.25) is 4.79 Å². The van der Waals surface area contributed by atoms with Crippen LogP contribution in [0.15, 0.2) is 53.3 Å². The molecule has 0 unspecified atom stereocenters. The average Bonchev–Trinajstić information content (AvgIpc) is 2.51. The summed E-state index contributed by atoms with van der Waals surface area (Å²) in [6.07, 6.45) is 0. The molecule has 0 spiro atoms. The molecule has 0 atom stereocenters. The molecule has 1 aromatic heterocycles. The minimum atomic E-state index is 0.116. The quantitative estimate of drug-likeness (QED) is 0.728. The molecule has 106 valence electrons. The molecule has 0 bridgehead atoms. The number of benzene rings is 2. The fourth-order valence-corrected chi connectivity index (χ4v) is 2.81. The minimum absolute atomic E-state index is 0.116. The van der Waals surface area contributed by atoms with Gasteiger partial charge in [0, 0.05) is 10.9 Å². The molecular formula is C19H19NO. The fourth-order valence-electron chi connectivity index (χ4n) is 2.81. The van der Waals surface area contributed by atoms with Crippen molar-refractivity contribution in [3.63, 3.8) is 0 Å². The maximum absolute atomic E-state index is 12.7. The van der Waals surface area contributed by atoms with Crippen LogP contribution >= 0.6 is 0 Å². The number of aromatic nitrogens is 1. The van der Waals surface area contributed by atoms with Crippen LogP contribution in [-0.2, 0) is 0 Å². The van der Waals surface area contributed by atoms with Crippen molar-refractivity contribution < 1.29 is 0 Å². The van der Waals surface area contributed by atoms with Crippen molar-refractivity contribution in [2.45, 2.75) is 26.7 Å². The summed E-state index contributed by atoms with van der Waals surface area (Å²) in [4.78, 5) is 16.2. The van der Waals surface area contributed by atoms with Crippen molar-refractivity contribution in [1.29, 1.82) is 0 Å². The molecule has 1 N–H and O–H groups in total. The van der Waals surface area contributed by atoms with E-state index < -0.39 is 0 Å². The molecule has 0 saturated heterocycles. The molecule has 0 radical (unpaired) electrons. The van der Waals surface area contributed by atoms with Gasteiger partial charge in [-0.05, 0) is 30.0 Å². The first kappa shape index (κ1) is 13.6. The van der Waals surface area contributed by atoms with Crippen LogP contribution in [-0.4, -0.2) is 4.98 Å². The molecule has 2 nitrogen and oxygen atoms in total. The fraction of sp³-hybridized carbons (Fsp3) is 0.211. The molecule has 3 aromatic rings. The van der Waals surface area contributed by atoms with Crippen LogP contribution in [0, 0.1) is 6.92 Å². The number of nitrogens with one attached hydrogen (secondary N) is 1. The SMILES string of the molecule is Cc1c(-c2ccccc2)[nH]c2c(C(C)C)cccc2c1=O. The summed E-state index contributed by atoms with van der Waals surface area (Å²) in [5, 5.41) is 0.776. The Kier molecular flexibility index (Phi) is 3.38. The highest BCUT2D eigenvalue weighted by Gasteiger charge is 2.13. The molecular weight excluding hydrogens is 258 g/mol. The van der Waals surface area contributed by atoms with E-state index >= 15 is 0 Å². The summed E-state index contributed by atoms with van der Waals surface area (Å²) in [6, 6.07) is 16.0. The van der Waals surface area contributed by atoms with E-state index in [1.54, 1.807) is 0 Å². The number of para-hydroxylation sites is 1. The maximum Gasteiger partial charge on any atom is 0.192 e. The summed E-state index contributed by atoms with van der Waals surface area (Å²) >= 11 is 0. The topological polar surface area (TPSA) is 32.9 Å². The largest absolute Gasteiger partial charge is 0.354 e. The number of H-pyrrole nitrogens is 1. The Hall–Kier alpha value is -2.35. The van der Waals surface area contributed by atoms with Gasteiger partial charge in [-0.15, -0.1) is 0 Å². The molecule has 1 heterocycles. The Morgan fingerprint density at radius 3 is 2.33 bits per heavy atom. The van der Waals surface area contributed by atoms with Gasteiger partial charge in [-0.25, -0.2) is 0 Å². The molecule has 0 aliphatic carbocycles. The van der Waals surface area contributed by atoms with E-state index in [4.69, 9.17) is 0 Å². The molecule has 2 aromatic carbocycles. The maximum atomic E-state index is 12.7. The first-order chi connectivity index (χ1) is 10.1. The van der Waals surface area contributed by atoms with Crippen LogP contribution in [0.2, 0.25) is 0 Å². The third-order valence-electron chi connectivity index (χ3n) is 3.99. The van der Waals surface area contributed by atoms with Crippen molar-refractivity contribution in [1.82, 2.24) is 4.98 Å². The molecule has 0 saturated carbocycles. The number of hydrogen-bond acceptors (Lipinski definition) is 1. The van der Waals surface area contributed by atoms with Gasteiger partial charge < -0.3 is 4.98 Å². The molecule has 21 heavy (non-hydrogen) atoms. The Morgan fingerprint density at radius 2 is 1.67 bits per heavy atom. The lowest BCUT2D eigenvalue weighted by atomic mass is 9.97. The summed E-state index contributed by atoms with van der Waals surface area (Å²) in [6.45, 7) is 6.19. The number of aromatic amines is 1. The van der Waals surface area contributed by atoms with Crippen LogP contribution in [0.1, 0.15) is 30.9 Å². The summed E-state index contributed by atoms with van der Waals surface area (Å²) in [7, 11) is 0. The number of fused-ring (bicyclic) bond motifs is 1. The lowest BCUT2D eigenvalue weighted by Gasteiger charge is -2.13. The van der Waals surface area contributed by atoms with Crippen LogP contribution in [0.4, 0.5) is 0 Å². The Morgan fingerprint density at radius 1 is 0.952 bits per heavy atom. The molecule has 2 heteroatoms. The highest BCUT2D eigenvalue weighted by molar-refractivity contribution is 5.86. The summed E-state index contributed by atoms with van der Waals surface area (Å²) < 4.78 is 0. The second-order valence-electron chi connectivity index (χ2n) is 5.74. The number of rotatable bonds is 2. The van der Waals surface area contributed by atoms with Gasteiger partial charge in [0.05, 0.1) is 11.2 Å². The monoisotopic (exact) mass is 277 g/mol. The van der Waals surface area contributed by atoms with Gasteiger partial charge in [-0.1, -0.05) is 56.3 Å². The average molecular weight is 277 g/mol. The second-order valence-corrected chi connectivity index (χ2v) is 5.74. The molecule has 0 aliphatic heterocycles. The predicted octanol–water partition coefficient (Wildman–Crippen LogP) is 4.63. The highest BCUT2D eigenvalue weighted by Crippen LogP contribution is 2.26. The van der Waals surface area contributed by atoms with Crippen LogP contribution < -0.4 is 5.43 Å². The van der Waals surface area contributed by atoms with E-state index in [9.17, 15) is 4.79 Å². The van der Waals surface area contributed by atoms with E-state index in [-0.39, 0.29) is 5.43 Å². The van der Waals surface area contributed by atoms with Crippen molar-refractivity contribution >= 4 is 10.9 Å². The lowest BCUT2D eigenvalue weighted by Crippen LogP contribution is -2.11. The van der Waals surface area contributed by atoms with E-state index in [0.717, 1.165) is 27.7 Å². The van der Waals surface area contributed by atoms with Gasteiger partial charge in [0.15, 0.2) is 5.43 Å². The van der Waals surface area contributed by atoms with Gasteiger partial charge in [-0.2, -0.15) is 0 Å². The van der Waals surface area contributed by atoms with Crippen LogP contribution in [0.25, 0.3) is 22.2 Å². The first-order valence-corrected chi connectivity index (χ1v) is 7.30. The Balaban J connectivity index is 2.41. The Labute approximate surface area is 124 Å². The van der Waals surface area contributed by atoms with Crippen molar-refractivity contribution in [3.8, 4) is 11.3 Å². The van der Waals surface area contributed by atoms with Crippen molar-refractivity contribution in [2.75, 3.05) is 0 Å². The van der Waals surface area contributed by atoms with Crippen LogP contribution in [0.3, 0.4) is 0 Å². The zero-order chi connectivity index (χ0) is 15.0. The van der Waals surface area contributed by atoms with E-state index in [0.29, 0.717) is 5.92 Å². The zero-order valence-electron chi connectivity index (χ0n) is 12.6. The van der Waals surface area contributed by atoms with Gasteiger partial charge >= 0.3 is 0 Å². The molecule has 0 amide bonds. The smallest absolute Gasteiger partial charge is 0.192 e. The molecule has 3 rings (SSSR count). The van der Waals surface area contributed by atoms with E-state index in [2.05, 4.69) is 24.9 Å².